The Kier molecular flexibility index (Phi) is 3.56. The molecule has 0 amide bonds. The van der Waals surface area contributed by atoms with Gasteiger partial charge in [-0.15, -0.1) is 0 Å². The molecule has 0 aromatic carbocycles. The van der Waals surface area contributed by atoms with Gasteiger partial charge < -0.3 is 5.73 Å². The summed E-state index contributed by atoms with van der Waals surface area (Å²) < 4.78 is 22.9. The van der Waals surface area contributed by atoms with E-state index in [0.717, 1.165) is 19.3 Å². The molecule has 94 valence electrons. The highest BCUT2D eigenvalue weighted by Crippen LogP contribution is 2.26. The van der Waals surface area contributed by atoms with Crippen LogP contribution in [0.1, 0.15) is 32.1 Å². The molecule has 1 heterocycles. The monoisotopic (exact) mass is 246 g/mol. The summed E-state index contributed by atoms with van der Waals surface area (Å²) in [5.41, 5.74) is 6.12. The number of nitrogens with zero attached hydrogens (tertiary/aromatic N) is 1. The van der Waals surface area contributed by atoms with Crippen LogP contribution in [-0.2, 0) is 9.84 Å². The molecule has 2 aliphatic rings. The zero-order valence-corrected chi connectivity index (χ0v) is 10.7. The number of likely N-dealkylation sites (N-methyl/N-ethyl adjacent to an activating group) is 1. The molecule has 0 radical (unpaired) electrons. The Bertz CT molecular complexity index is 342. The first-order valence-electron chi connectivity index (χ1n) is 6.17. The van der Waals surface area contributed by atoms with Crippen LogP contribution in [0.2, 0.25) is 0 Å². The second-order valence-corrected chi connectivity index (χ2v) is 7.47. The molecule has 0 aromatic heterocycles. The van der Waals surface area contributed by atoms with Gasteiger partial charge in [0.2, 0.25) is 0 Å². The molecule has 16 heavy (non-hydrogen) atoms. The van der Waals surface area contributed by atoms with E-state index in [4.69, 9.17) is 5.73 Å². The molecular weight excluding hydrogens is 224 g/mol. The summed E-state index contributed by atoms with van der Waals surface area (Å²) in [6.45, 7) is 0. The van der Waals surface area contributed by atoms with Gasteiger partial charge in [0.15, 0.2) is 9.84 Å². The van der Waals surface area contributed by atoms with Gasteiger partial charge in [0.1, 0.15) is 0 Å². The van der Waals surface area contributed by atoms with E-state index in [1.807, 2.05) is 7.05 Å². The maximum absolute atomic E-state index is 11.5. The fraction of sp³-hybridized carbons (Fsp3) is 1.00. The fourth-order valence-corrected chi connectivity index (χ4v) is 4.80. The zero-order valence-electron chi connectivity index (χ0n) is 9.93. The van der Waals surface area contributed by atoms with Gasteiger partial charge in [-0.3, -0.25) is 4.90 Å². The van der Waals surface area contributed by atoms with E-state index in [1.165, 1.54) is 12.8 Å². The first-order valence-corrected chi connectivity index (χ1v) is 8.00. The van der Waals surface area contributed by atoms with Crippen molar-refractivity contribution in [2.75, 3.05) is 18.6 Å². The Morgan fingerprint density at radius 1 is 1.19 bits per heavy atom. The van der Waals surface area contributed by atoms with E-state index < -0.39 is 9.84 Å². The Hall–Kier alpha value is -0.130. The number of hydrogen-bond donors (Lipinski definition) is 1. The second-order valence-electron chi connectivity index (χ2n) is 5.24. The SMILES string of the molecule is CN(C1CCS(=O)(=O)C1)C1CCCCC1N. The summed E-state index contributed by atoms with van der Waals surface area (Å²) in [4.78, 5) is 2.23. The Morgan fingerprint density at radius 2 is 1.88 bits per heavy atom. The van der Waals surface area contributed by atoms with Gasteiger partial charge in [-0.1, -0.05) is 12.8 Å². The topological polar surface area (TPSA) is 63.4 Å². The van der Waals surface area contributed by atoms with Crippen LogP contribution in [0.15, 0.2) is 0 Å². The highest BCUT2D eigenvalue weighted by Gasteiger charge is 2.35. The van der Waals surface area contributed by atoms with Crippen LogP contribution in [0.25, 0.3) is 0 Å². The third-order valence-corrected chi connectivity index (χ3v) is 5.84. The summed E-state index contributed by atoms with van der Waals surface area (Å²) in [5, 5.41) is 0. The molecule has 4 nitrogen and oxygen atoms in total. The lowest BCUT2D eigenvalue weighted by atomic mass is 9.89. The highest BCUT2D eigenvalue weighted by molar-refractivity contribution is 7.91. The minimum atomic E-state index is -2.78. The number of nitrogens with two attached hydrogens (primary N) is 1. The van der Waals surface area contributed by atoms with Crippen molar-refractivity contribution >= 4 is 9.84 Å². The number of rotatable bonds is 2. The first kappa shape index (κ1) is 12.3. The summed E-state index contributed by atoms with van der Waals surface area (Å²) in [7, 11) is -0.736. The lowest BCUT2D eigenvalue weighted by molar-refractivity contribution is 0.131. The van der Waals surface area contributed by atoms with Gasteiger partial charge in [-0.05, 0) is 26.3 Å². The zero-order chi connectivity index (χ0) is 11.8. The van der Waals surface area contributed by atoms with Crippen molar-refractivity contribution in [2.24, 2.45) is 5.73 Å². The Balaban J connectivity index is 1.99. The van der Waals surface area contributed by atoms with E-state index in [0.29, 0.717) is 17.5 Å². The molecule has 1 saturated heterocycles. The molecule has 0 bridgehead atoms. The molecule has 2 fully saturated rings. The number of hydrogen-bond acceptors (Lipinski definition) is 4. The second kappa shape index (κ2) is 4.63. The summed E-state index contributed by atoms with van der Waals surface area (Å²) in [5.74, 6) is 0.677. The maximum Gasteiger partial charge on any atom is 0.151 e. The van der Waals surface area contributed by atoms with Crippen molar-refractivity contribution in [3.8, 4) is 0 Å². The van der Waals surface area contributed by atoms with Crippen LogP contribution in [0.5, 0.6) is 0 Å². The van der Waals surface area contributed by atoms with Gasteiger partial charge in [0.25, 0.3) is 0 Å². The minimum Gasteiger partial charge on any atom is -0.326 e. The molecule has 2 rings (SSSR count). The predicted octanol–water partition coefficient (Wildman–Crippen LogP) is 0.375. The molecule has 3 unspecified atom stereocenters. The summed E-state index contributed by atoms with van der Waals surface area (Å²) >= 11 is 0. The smallest absolute Gasteiger partial charge is 0.151 e. The van der Waals surface area contributed by atoms with Crippen molar-refractivity contribution in [1.82, 2.24) is 4.90 Å². The minimum absolute atomic E-state index is 0.194. The van der Waals surface area contributed by atoms with Crippen molar-refractivity contribution in [3.05, 3.63) is 0 Å². The van der Waals surface area contributed by atoms with Crippen LogP contribution < -0.4 is 5.73 Å². The summed E-state index contributed by atoms with van der Waals surface area (Å²) in [6, 6.07) is 0.799. The molecule has 0 aromatic rings. The number of sulfone groups is 1. The molecule has 0 spiro atoms. The van der Waals surface area contributed by atoms with Crippen LogP contribution in [0.4, 0.5) is 0 Å². The normalized spacial score (nSPS) is 39.1. The molecule has 3 atom stereocenters. The average molecular weight is 246 g/mol. The van der Waals surface area contributed by atoms with Gasteiger partial charge in [-0.25, -0.2) is 8.42 Å². The Labute approximate surface area is 98.1 Å². The Morgan fingerprint density at radius 3 is 2.44 bits per heavy atom. The van der Waals surface area contributed by atoms with Crippen LogP contribution >= 0.6 is 0 Å². The maximum atomic E-state index is 11.5. The lowest BCUT2D eigenvalue weighted by Gasteiger charge is -2.39. The molecule has 1 aliphatic heterocycles. The third kappa shape index (κ3) is 2.57. The van der Waals surface area contributed by atoms with E-state index in [1.54, 1.807) is 0 Å². The van der Waals surface area contributed by atoms with Crippen molar-refractivity contribution in [3.63, 3.8) is 0 Å². The lowest BCUT2D eigenvalue weighted by Crippen LogP contribution is -2.51. The van der Waals surface area contributed by atoms with E-state index in [2.05, 4.69) is 4.90 Å². The largest absolute Gasteiger partial charge is 0.326 e. The first-order chi connectivity index (χ1) is 7.49. The molecule has 1 aliphatic carbocycles. The van der Waals surface area contributed by atoms with Gasteiger partial charge >= 0.3 is 0 Å². The molecule has 5 heteroatoms. The molecule has 2 N–H and O–H groups in total. The highest BCUT2D eigenvalue weighted by atomic mass is 32.2. The van der Waals surface area contributed by atoms with Crippen LogP contribution in [-0.4, -0.2) is 50.0 Å². The standard InChI is InChI=1S/C11H22N2O2S/c1-13(9-6-7-16(14,15)8-9)11-5-3-2-4-10(11)12/h9-11H,2-8,12H2,1H3. The predicted molar refractivity (Wildman–Crippen MR) is 65.1 cm³/mol. The van der Waals surface area contributed by atoms with Gasteiger partial charge in [-0.2, -0.15) is 0 Å². The van der Waals surface area contributed by atoms with Crippen LogP contribution in [0.3, 0.4) is 0 Å². The van der Waals surface area contributed by atoms with Gasteiger partial charge in [0.05, 0.1) is 11.5 Å². The van der Waals surface area contributed by atoms with Crippen molar-refractivity contribution < 1.29 is 8.42 Å². The van der Waals surface area contributed by atoms with Crippen molar-refractivity contribution in [2.45, 2.75) is 50.2 Å². The fourth-order valence-electron chi connectivity index (χ4n) is 3.01. The van der Waals surface area contributed by atoms with E-state index >= 15 is 0 Å². The summed E-state index contributed by atoms with van der Waals surface area (Å²) in [6.07, 6.45) is 5.42. The van der Waals surface area contributed by atoms with E-state index in [-0.39, 0.29) is 12.1 Å². The van der Waals surface area contributed by atoms with E-state index in [9.17, 15) is 8.42 Å². The van der Waals surface area contributed by atoms with Crippen LogP contribution in [0, 0.1) is 0 Å². The quantitative estimate of drug-likeness (QED) is 0.765. The molecule has 1 saturated carbocycles. The molecular formula is C11H22N2O2S. The average Bonchev–Trinajstić information content (AvgIpc) is 2.59. The van der Waals surface area contributed by atoms with Gasteiger partial charge in [0, 0.05) is 18.1 Å². The third-order valence-electron chi connectivity index (χ3n) is 4.09. The van der Waals surface area contributed by atoms with Crippen molar-refractivity contribution in [1.29, 1.82) is 0 Å².